The Balaban J connectivity index is 2.29. The molecule has 4 atom stereocenters. The molecule has 1 aromatic carbocycles. The van der Waals surface area contributed by atoms with Gasteiger partial charge in [-0.15, -0.1) is 0 Å². The van der Waals surface area contributed by atoms with Crippen LogP contribution >= 0.6 is 0 Å². The Labute approximate surface area is 222 Å². The van der Waals surface area contributed by atoms with Crippen LogP contribution in [0.15, 0.2) is 30.5 Å². The van der Waals surface area contributed by atoms with Gasteiger partial charge in [0, 0.05) is 36.4 Å². The molecular weight excluding hydrogens is 514 g/mol. The molecule has 39 heavy (non-hydrogen) atoms. The van der Waals surface area contributed by atoms with Gasteiger partial charge in [0.05, 0.1) is 12.6 Å². The van der Waals surface area contributed by atoms with Crippen molar-refractivity contribution in [1.82, 2.24) is 20.9 Å². The van der Waals surface area contributed by atoms with E-state index in [9.17, 15) is 39.0 Å². The van der Waals surface area contributed by atoms with E-state index in [1.54, 1.807) is 30.5 Å². The van der Waals surface area contributed by atoms with Gasteiger partial charge < -0.3 is 48.3 Å². The van der Waals surface area contributed by atoms with Crippen LogP contribution in [0.25, 0.3) is 10.9 Å². The number of carboxylic acid groups (broad SMARTS) is 1. The molecule has 0 saturated carbocycles. The van der Waals surface area contributed by atoms with Crippen LogP contribution in [0.1, 0.15) is 31.2 Å². The molecule has 1 heterocycles. The van der Waals surface area contributed by atoms with Crippen molar-refractivity contribution in [3.63, 3.8) is 0 Å². The van der Waals surface area contributed by atoms with Crippen LogP contribution in [0, 0.1) is 0 Å². The van der Waals surface area contributed by atoms with Crippen molar-refractivity contribution in [2.24, 2.45) is 17.2 Å². The summed E-state index contributed by atoms with van der Waals surface area (Å²) in [6.45, 7) is -0.894. The summed E-state index contributed by atoms with van der Waals surface area (Å²) >= 11 is 0. The molecule has 0 bridgehead atoms. The number of carboxylic acids is 1. The van der Waals surface area contributed by atoms with Crippen molar-refractivity contribution in [2.75, 3.05) is 6.61 Å². The molecule has 2 rings (SSSR count). The highest BCUT2D eigenvalue weighted by molar-refractivity contribution is 5.95. The molecular formula is C24H33N7O8. The zero-order chi connectivity index (χ0) is 29.1. The molecule has 0 radical (unpaired) electrons. The Kier molecular flexibility index (Phi) is 11.4. The van der Waals surface area contributed by atoms with E-state index in [4.69, 9.17) is 17.2 Å². The second-order valence-corrected chi connectivity index (χ2v) is 8.88. The maximum Gasteiger partial charge on any atom is 0.328 e. The SMILES string of the molecule is NC(=O)CCC(N)C(=O)NC(CCC(N)=O)C(=O)NC(Cc1c[nH]c2ccccc12)C(=O)NC(CO)C(=O)O. The van der Waals surface area contributed by atoms with Crippen LogP contribution < -0.4 is 33.2 Å². The molecule has 12 N–H and O–H groups in total. The van der Waals surface area contributed by atoms with Crippen LogP contribution in [0.3, 0.4) is 0 Å². The minimum Gasteiger partial charge on any atom is -0.480 e. The smallest absolute Gasteiger partial charge is 0.328 e. The predicted molar refractivity (Wildman–Crippen MR) is 137 cm³/mol. The van der Waals surface area contributed by atoms with E-state index < -0.39 is 66.3 Å². The van der Waals surface area contributed by atoms with Crippen LogP contribution in [0.5, 0.6) is 0 Å². The summed E-state index contributed by atoms with van der Waals surface area (Å²) in [4.78, 5) is 75.6. The lowest BCUT2D eigenvalue weighted by molar-refractivity contribution is -0.143. The Morgan fingerprint density at radius 1 is 0.821 bits per heavy atom. The van der Waals surface area contributed by atoms with Gasteiger partial charge in [-0.25, -0.2) is 4.79 Å². The Hall–Kier alpha value is -4.50. The molecule has 0 aliphatic rings. The number of fused-ring (bicyclic) bond motifs is 1. The van der Waals surface area contributed by atoms with Gasteiger partial charge in [0.25, 0.3) is 0 Å². The van der Waals surface area contributed by atoms with E-state index in [1.807, 2.05) is 0 Å². The molecule has 5 amide bonds. The van der Waals surface area contributed by atoms with Gasteiger partial charge in [0.2, 0.25) is 29.5 Å². The number of aromatic amines is 1. The first-order valence-corrected chi connectivity index (χ1v) is 12.0. The summed E-state index contributed by atoms with van der Waals surface area (Å²) in [5, 5.41) is 26.3. The highest BCUT2D eigenvalue weighted by atomic mass is 16.4. The highest BCUT2D eigenvalue weighted by Gasteiger charge is 2.31. The molecule has 0 fully saturated rings. The summed E-state index contributed by atoms with van der Waals surface area (Å²) in [6, 6.07) is 1.65. The second kappa shape index (κ2) is 14.4. The molecule has 2 aromatic rings. The normalized spacial score (nSPS) is 14.0. The minimum atomic E-state index is -1.63. The lowest BCUT2D eigenvalue weighted by Gasteiger charge is -2.25. The first kappa shape index (κ1) is 30.7. The first-order valence-electron chi connectivity index (χ1n) is 12.0. The maximum atomic E-state index is 13.2. The van der Waals surface area contributed by atoms with E-state index in [-0.39, 0.29) is 32.1 Å². The topological polar surface area (TPSA) is 273 Å². The van der Waals surface area contributed by atoms with Crippen LogP contribution in [0.4, 0.5) is 0 Å². The number of aliphatic carboxylic acids is 1. The van der Waals surface area contributed by atoms with Crippen molar-refractivity contribution < 1.29 is 39.0 Å². The van der Waals surface area contributed by atoms with Gasteiger partial charge in [-0.05, 0) is 24.5 Å². The van der Waals surface area contributed by atoms with Crippen molar-refractivity contribution in [1.29, 1.82) is 0 Å². The van der Waals surface area contributed by atoms with E-state index in [1.165, 1.54) is 0 Å². The molecule has 0 saturated heterocycles. The molecule has 0 spiro atoms. The fraction of sp³-hybridized carbons (Fsp3) is 0.417. The molecule has 4 unspecified atom stereocenters. The van der Waals surface area contributed by atoms with Crippen molar-refractivity contribution in [3.05, 3.63) is 36.0 Å². The van der Waals surface area contributed by atoms with Crippen LogP contribution in [0.2, 0.25) is 0 Å². The lowest BCUT2D eigenvalue weighted by Crippen LogP contribution is -2.58. The van der Waals surface area contributed by atoms with Gasteiger partial charge >= 0.3 is 5.97 Å². The molecule has 15 nitrogen and oxygen atoms in total. The number of aromatic nitrogens is 1. The van der Waals surface area contributed by atoms with Crippen molar-refractivity contribution in [2.45, 2.75) is 56.3 Å². The predicted octanol–water partition coefficient (Wildman–Crippen LogP) is -2.90. The van der Waals surface area contributed by atoms with E-state index >= 15 is 0 Å². The number of carbonyl (C=O) groups excluding carboxylic acids is 5. The quantitative estimate of drug-likeness (QED) is 0.104. The summed E-state index contributed by atoms with van der Waals surface area (Å²) in [5.74, 6) is -5.49. The number of aliphatic hydroxyl groups is 1. The summed E-state index contributed by atoms with van der Waals surface area (Å²) in [6.07, 6.45) is 0.755. The number of rotatable bonds is 16. The molecule has 212 valence electrons. The number of carbonyl (C=O) groups is 6. The Morgan fingerprint density at radius 2 is 1.38 bits per heavy atom. The number of nitrogens with two attached hydrogens (primary N) is 3. The number of primary amides is 2. The van der Waals surface area contributed by atoms with Gasteiger partial charge in [0.1, 0.15) is 18.1 Å². The Morgan fingerprint density at radius 3 is 2.00 bits per heavy atom. The highest BCUT2D eigenvalue weighted by Crippen LogP contribution is 2.19. The Bertz CT molecular complexity index is 1210. The number of hydrogen-bond donors (Lipinski definition) is 9. The monoisotopic (exact) mass is 547 g/mol. The summed E-state index contributed by atoms with van der Waals surface area (Å²) in [5.41, 5.74) is 17.4. The van der Waals surface area contributed by atoms with Gasteiger partial charge in [-0.3, -0.25) is 24.0 Å². The fourth-order valence-corrected chi connectivity index (χ4v) is 3.72. The second-order valence-electron chi connectivity index (χ2n) is 8.88. The maximum absolute atomic E-state index is 13.2. The third kappa shape index (κ3) is 9.39. The van der Waals surface area contributed by atoms with E-state index in [0.717, 1.165) is 10.9 Å². The average Bonchev–Trinajstić information content (AvgIpc) is 3.29. The number of amides is 5. The fourth-order valence-electron chi connectivity index (χ4n) is 3.72. The third-order valence-corrected chi connectivity index (χ3v) is 5.88. The standard InChI is InChI=1S/C24H33N7O8/c25-14(5-7-19(26)33)21(35)29-16(6-8-20(27)34)22(36)30-17(23(37)31-18(11-32)24(38)39)9-12-10-28-15-4-2-1-3-13(12)15/h1-4,10,14,16-18,28,32H,5-9,11,25H2,(H2,26,33)(H2,27,34)(H,29,35)(H,30,36)(H,31,37)(H,38,39). The zero-order valence-electron chi connectivity index (χ0n) is 21.0. The number of benzene rings is 1. The number of nitrogens with one attached hydrogen (secondary N) is 4. The lowest BCUT2D eigenvalue weighted by atomic mass is 10.0. The van der Waals surface area contributed by atoms with Gasteiger partial charge in [0.15, 0.2) is 0 Å². The number of aliphatic hydroxyl groups excluding tert-OH is 1. The minimum absolute atomic E-state index is 0.0886. The number of para-hydroxylation sites is 1. The van der Waals surface area contributed by atoms with Crippen molar-refractivity contribution >= 4 is 46.4 Å². The molecule has 0 aliphatic carbocycles. The molecule has 0 aliphatic heterocycles. The average molecular weight is 548 g/mol. The number of hydrogen-bond acceptors (Lipinski definition) is 8. The number of H-pyrrole nitrogens is 1. The molecule has 1 aromatic heterocycles. The third-order valence-electron chi connectivity index (χ3n) is 5.88. The van der Waals surface area contributed by atoms with Gasteiger partial charge in [-0.1, -0.05) is 18.2 Å². The molecule has 15 heteroatoms. The zero-order valence-corrected chi connectivity index (χ0v) is 21.0. The van der Waals surface area contributed by atoms with E-state index in [0.29, 0.717) is 5.56 Å². The van der Waals surface area contributed by atoms with Crippen LogP contribution in [-0.2, 0) is 35.2 Å². The van der Waals surface area contributed by atoms with Crippen molar-refractivity contribution in [3.8, 4) is 0 Å². The van der Waals surface area contributed by atoms with Crippen LogP contribution in [-0.4, -0.2) is 81.5 Å². The largest absolute Gasteiger partial charge is 0.480 e. The first-order chi connectivity index (χ1) is 18.4. The summed E-state index contributed by atoms with van der Waals surface area (Å²) < 4.78 is 0. The summed E-state index contributed by atoms with van der Waals surface area (Å²) in [7, 11) is 0. The van der Waals surface area contributed by atoms with Gasteiger partial charge in [-0.2, -0.15) is 0 Å². The van der Waals surface area contributed by atoms with E-state index in [2.05, 4.69) is 20.9 Å².